The molecule has 0 saturated carbocycles. The molecule has 0 radical (unpaired) electrons. The Bertz CT molecular complexity index is 975. The van der Waals surface area contributed by atoms with Gasteiger partial charge >= 0.3 is 0 Å². The molecule has 3 aromatic rings. The van der Waals surface area contributed by atoms with Crippen LogP contribution in [0, 0.1) is 20.8 Å². The molecule has 5 heteroatoms. The van der Waals surface area contributed by atoms with Crippen LogP contribution in [0.3, 0.4) is 0 Å². The number of rotatable bonds is 4. The van der Waals surface area contributed by atoms with E-state index in [1.165, 1.54) is 16.7 Å². The van der Waals surface area contributed by atoms with Crippen LogP contribution in [0.5, 0.6) is 0 Å². The highest BCUT2D eigenvalue weighted by molar-refractivity contribution is 5.79. The zero-order chi connectivity index (χ0) is 19.0. The first-order valence-electron chi connectivity index (χ1n) is 9.24. The van der Waals surface area contributed by atoms with Crippen LogP contribution in [0.25, 0.3) is 11.4 Å². The zero-order valence-corrected chi connectivity index (χ0v) is 15.9. The van der Waals surface area contributed by atoms with Gasteiger partial charge in [-0.15, -0.1) is 0 Å². The van der Waals surface area contributed by atoms with Crippen molar-refractivity contribution >= 4 is 5.91 Å². The molecule has 1 unspecified atom stereocenters. The number of aromatic nitrogens is 2. The number of hydrogen-bond acceptors (Lipinski definition) is 4. The van der Waals surface area contributed by atoms with Crippen LogP contribution in [-0.2, 0) is 11.3 Å². The second-order valence-electron chi connectivity index (χ2n) is 7.42. The Kier molecular flexibility index (Phi) is 4.52. The predicted octanol–water partition coefficient (Wildman–Crippen LogP) is 4.18. The average Bonchev–Trinajstić information content (AvgIpc) is 3.27. The maximum atomic E-state index is 12.4. The number of carbonyl (C=O) groups is 1. The molecule has 27 heavy (non-hydrogen) atoms. The summed E-state index contributed by atoms with van der Waals surface area (Å²) in [6, 6.07) is 14.4. The molecule has 1 aliphatic heterocycles. The lowest BCUT2D eigenvalue weighted by molar-refractivity contribution is -0.128. The van der Waals surface area contributed by atoms with Crippen molar-refractivity contribution in [3.05, 3.63) is 70.6 Å². The zero-order valence-electron chi connectivity index (χ0n) is 15.9. The first-order valence-corrected chi connectivity index (χ1v) is 9.24. The minimum absolute atomic E-state index is 0.0456. The number of benzene rings is 2. The summed E-state index contributed by atoms with van der Waals surface area (Å²) in [5.74, 6) is 1.21. The lowest BCUT2D eigenvalue weighted by Gasteiger charge is -2.16. The summed E-state index contributed by atoms with van der Waals surface area (Å²) in [5, 5.41) is 4.13. The molecule has 1 aromatic heterocycles. The van der Waals surface area contributed by atoms with Gasteiger partial charge in [-0.05, 0) is 43.5 Å². The molecule has 1 atom stereocenters. The van der Waals surface area contributed by atoms with E-state index >= 15 is 0 Å². The van der Waals surface area contributed by atoms with Gasteiger partial charge in [-0.25, -0.2) is 0 Å². The van der Waals surface area contributed by atoms with Crippen LogP contribution in [0.1, 0.15) is 40.5 Å². The highest BCUT2D eigenvalue weighted by Crippen LogP contribution is 2.30. The van der Waals surface area contributed by atoms with Crippen molar-refractivity contribution in [1.82, 2.24) is 15.0 Å². The molecule has 1 saturated heterocycles. The van der Waals surface area contributed by atoms with Crippen LogP contribution >= 0.6 is 0 Å². The van der Waals surface area contributed by atoms with Crippen molar-refractivity contribution in [1.29, 1.82) is 0 Å². The highest BCUT2D eigenvalue weighted by atomic mass is 16.5. The van der Waals surface area contributed by atoms with Crippen molar-refractivity contribution < 1.29 is 9.32 Å². The molecule has 0 spiro atoms. The number of nitrogens with zero attached hydrogens (tertiary/aromatic N) is 3. The van der Waals surface area contributed by atoms with E-state index in [0.29, 0.717) is 31.2 Å². The number of amides is 1. The van der Waals surface area contributed by atoms with Gasteiger partial charge in [-0.2, -0.15) is 4.98 Å². The van der Waals surface area contributed by atoms with Crippen molar-refractivity contribution in [2.45, 2.75) is 39.7 Å². The Morgan fingerprint density at radius 1 is 1.07 bits per heavy atom. The summed E-state index contributed by atoms with van der Waals surface area (Å²) >= 11 is 0. The van der Waals surface area contributed by atoms with Crippen molar-refractivity contribution in [3.8, 4) is 11.4 Å². The summed E-state index contributed by atoms with van der Waals surface area (Å²) in [4.78, 5) is 18.9. The van der Waals surface area contributed by atoms with E-state index in [0.717, 1.165) is 11.1 Å². The largest absolute Gasteiger partial charge is 0.339 e. The molecule has 2 heterocycles. The van der Waals surface area contributed by atoms with Crippen molar-refractivity contribution in [3.63, 3.8) is 0 Å². The van der Waals surface area contributed by atoms with E-state index < -0.39 is 0 Å². The number of carbonyl (C=O) groups excluding carboxylic acids is 1. The molecule has 138 valence electrons. The fraction of sp³-hybridized carbons (Fsp3) is 0.318. The second-order valence-corrected chi connectivity index (χ2v) is 7.42. The van der Waals surface area contributed by atoms with E-state index in [2.05, 4.69) is 67.3 Å². The molecular formula is C22H23N3O2. The van der Waals surface area contributed by atoms with E-state index in [9.17, 15) is 4.79 Å². The smallest absolute Gasteiger partial charge is 0.232 e. The van der Waals surface area contributed by atoms with Crippen LogP contribution in [-0.4, -0.2) is 27.5 Å². The molecular weight excluding hydrogens is 338 g/mol. The summed E-state index contributed by atoms with van der Waals surface area (Å²) in [5.41, 5.74) is 5.72. The first-order chi connectivity index (χ1) is 13.0. The SMILES string of the molecule is Cc1ccc(CN2CC(c3nc(-c4ccc(C)c(C)c4)no3)CC2=O)cc1. The normalized spacial score (nSPS) is 16.9. The maximum Gasteiger partial charge on any atom is 0.232 e. The van der Waals surface area contributed by atoms with Crippen molar-refractivity contribution in [2.24, 2.45) is 0 Å². The standard InChI is InChI=1S/C22H23N3O2/c1-14-4-7-17(8-5-14)12-25-13-19(11-20(25)26)22-23-21(24-27-22)18-9-6-15(2)16(3)10-18/h4-10,19H,11-13H2,1-3H3. The summed E-state index contributed by atoms with van der Waals surface area (Å²) in [7, 11) is 0. The third kappa shape index (κ3) is 3.63. The molecule has 4 rings (SSSR count). The van der Waals surface area contributed by atoms with Crippen LogP contribution in [0.2, 0.25) is 0 Å². The molecule has 1 fully saturated rings. The molecule has 0 N–H and O–H groups in total. The van der Waals surface area contributed by atoms with Crippen LogP contribution in [0.4, 0.5) is 0 Å². The topological polar surface area (TPSA) is 59.2 Å². The highest BCUT2D eigenvalue weighted by Gasteiger charge is 2.34. The fourth-order valence-electron chi connectivity index (χ4n) is 3.40. The molecule has 0 aliphatic carbocycles. The van der Waals surface area contributed by atoms with Gasteiger partial charge in [-0.3, -0.25) is 4.79 Å². The van der Waals surface area contributed by atoms with Crippen LogP contribution < -0.4 is 0 Å². The van der Waals surface area contributed by atoms with Crippen molar-refractivity contribution in [2.75, 3.05) is 6.54 Å². The van der Waals surface area contributed by atoms with Gasteiger partial charge in [0.15, 0.2) is 0 Å². The lowest BCUT2D eigenvalue weighted by atomic mass is 10.1. The predicted molar refractivity (Wildman–Crippen MR) is 103 cm³/mol. The second kappa shape index (κ2) is 6.99. The van der Waals surface area contributed by atoms with E-state index in [1.807, 2.05) is 11.0 Å². The fourth-order valence-corrected chi connectivity index (χ4v) is 3.40. The number of aryl methyl sites for hydroxylation is 3. The maximum absolute atomic E-state index is 12.4. The first kappa shape index (κ1) is 17.5. The third-order valence-electron chi connectivity index (χ3n) is 5.26. The van der Waals surface area contributed by atoms with Gasteiger partial charge in [0.05, 0.1) is 5.92 Å². The van der Waals surface area contributed by atoms with Gasteiger partial charge in [0.2, 0.25) is 17.6 Å². The van der Waals surface area contributed by atoms with Gasteiger partial charge in [0, 0.05) is 25.1 Å². The molecule has 1 aliphatic rings. The Morgan fingerprint density at radius 2 is 1.85 bits per heavy atom. The monoisotopic (exact) mass is 361 g/mol. The van der Waals surface area contributed by atoms with E-state index in [4.69, 9.17) is 4.52 Å². The minimum atomic E-state index is -0.0456. The Morgan fingerprint density at radius 3 is 2.59 bits per heavy atom. The summed E-state index contributed by atoms with van der Waals surface area (Å²) in [6.07, 6.45) is 0.417. The van der Waals surface area contributed by atoms with Crippen LogP contribution in [0.15, 0.2) is 47.0 Å². The Balaban J connectivity index is 1.48. The molecule has 5 nitrogen and oxygen atoms in total. The van der Waals surface area contributed by atoms with Gasteiger partial charge < -0.3 is 9.42 Å². The minimum Gasteiger partial charge on any atom is -0.339 e. The third-order valence-corrected chi connectivity index (χ3v) is 5.26. The molecule has 2 aromatic carbocycles. The Hall–Kier alpha value is -2.95. The number of likely N-dealkylation sites (tertiary alicyclic amines) is 1. The summed E-state index contributed by atoms with van der Waals surface area (Å²) in [6.45, 7) is 7.44. The summed E-state index contributed by atoms with van der Waals surface area (Å²) < 4.78 is 5.50. The molecule has 0 bridgehead atoms. The van der Waals surface area contributed by atoms with E-state index in [1.54, 1.807) is 0 Å². The van der Waals surface area contributed by atoms with Gasteiger partial charge in [0.1, 0.15) is 0 Å². The van der Waals surface area contributed by atoms with E-state index in [-0.39, 0.29) is 11.8 Å². The molecule has 1 amide bonds. The Labute approximate surface area is 159 Å². The van der Waals surface area contributed by atoms with Gasteiger partial charge in [-0.1, -0.05) is 47.1 Å². The number of hydrogen-bond donors (Lipinski definition) is 0. The quantitative estimate of drug-likeness (QED) is 0.699. The van der Waals surface area contributed by atoms with Gasteiger partial charge in [0.25, 0.3) is 0 Å². The lowest BCUT2D eigenvalue weighted by Crippen LogP contribution is -2.24. The average molecular weight is 361 g/mol.